The number of hydrogen-bond donors (Lipinski definition) is 1. The number of hydrogen-bond acceptors (Lipinski definition) is 3. The topological polar surface area (TPSA) is 49.8 Å². The molecule has 1 aliphatic rings. The first-order chi connectivity index (χ1) is 9.41. The lowest BCUT2D eigenvalue weighted by atomic mass is 10.2. The number of carbonyl (C=O) groups excluding carboxylic acids is 1. The molecule has 2 rings (SSSR count). The quantitative estimate of drug-likeness (QED) is 0.921. The van der Waals surface area contributed by atoms with E-state index in [1.165, 1.54) is 23.1 Å². The fourth-order valence-electron chi connectivity index (χ4n) is 2.13. The lowest BCUT2D eigenvalue weighted by molar-refractivity contribution is -0.139. The van der Waals surface area contributed by atoms with Crippen LogP contribution in [0.3, 0.4) is 0 Å². The number of aliphatic hydroxyl groups excluding tert-OH is 1. The summed E-state index contributed by atoms with van der Waals surface area (Å²) in [6, 6.07) is 4.99. The van der Waals surface area contributed by atoms with Crippen LogP contribution in [0.4, 0.5) is 13.2 Å². The number of rotatable bonds is 3. The van der Waals surface area contributed by atoms with Crippen molar-refractivity contribution >= 4 is 5.91 Å². The normalized spacial score (nSPS) is 19.2. The molecular weight excluding hydrogens is 275 g/mol. The number of alkyl halides is 3. The highest BCUT2D eigenvalue weighted by Gasteiger charge is 2.35. The van der Waals surface area contributed by atoms with Gasteiger partial charge >= 0.3 is 6.18 Å². The molecule has 1 fully saturated rings. The number of nitrogens with zero attached hydrogens (tertiary/aromatic N) is 1. The van der Waals surface area contributed by atoms with Gasteiger partial charge in [-0.2, -0.15) is 13.2 Å². The number of amides is 1. The Morgan fingerprint density at radius 2 is 2.10 bits per heavy atom. The van der Waals surface area contributed by atoms with Crippen molar-refractivity contribution in [1.29, 1.82) is 0 Å². The van der Waals surface area contributed by atoms with Crippen LogP contribution in [0, 0.1) is 0 Å². The van der Waals surface area contributed by atoms with Gasteiger partial charge in [-0.3, -0.25) is 4.79 Å². The van der Waals surface area contributed by atoms with Crippen LogP contribution in [0.5, 0.6) is 5.75 Å². The van der Waals surface area contributed by atoms with E-state index in [9.17, 15) is 18.0 Å². The minimum atomic E-state index is -4.48. The van der Waals surface area contributed by atoms with Crippen molar-refractivity contribution in [2.45, 2.75) is 18.7 Å². The average molecular weight is 289 g/mol. The average Bonchev–Trinajstić information content (AvgIpc) is 2.86. The molecule has 0 saturated carbocycles. The monoisotopic (exact) mass is 289 g/mol. The van der Waals surface area contributed by atoms with Gasteiger partial charge in [-0.1, -0.05) is 12.1 Å². The van der Waals surface area contributed by atoms with E-state index in [2.05, 4.69) is 0 Å². The molecule has 0 radical (unpaired) electrons. The molecule has 1 heterocycles. The van der Waals surface area contributed by atoms with Crippen LogP contribution in [0.2, 0.25) is 0 Å². The van der Waals surface area contributed by atoms with Crippen molar-refractivity contribution in [3.05, 3.63) is 29.8 Å². The number of benzene rings is 1. The van der Waals surface area contributed by atoms with Crippen molar-refractivity contribution in [1.82, 2.24) is 4.90 Å². The molecule has 4 nitrogen and oxygen atoms in total. The smallest absolute Gasteiger partial charge is 0.419 e. The number of halogens is 3. The van der Waals surface area contributed by atoms with Gasteiger partial charge in [-0.05, 0) is 12.1 Å². The van der Waals surface area contributed by atoms with Gasteiger partial charge < -0.3 is 14.7 Å². The summed E-state index contributed by atoms with van der Waals surface area (Å²) in [5.41, 5.74) is -0.827. The van der Waals surface area contributed by atoms with Gasteiger partial charge in [0.15, 0.2) is 0 Å². The number of carbonyl (C=O) groups is 1. The Labute approximate surface area is 113 Å². The third-order valence-electron chi connectivity index (χ3n) is 3.12. The molecule has 1 atom stereocenters. The summed E-state index contributed by atoms with van der Waals surface area (Å²) in [4.78, 5) is 12.7. The van der Waals surface area contributed by atoms with E-state index in [0.717, 1.165) is 6.07 Å². The predicted molar refractivity (Wildman–Crippen MR) is 64.1 cm³/mol. The molecule has 1 aromatic carbocycles. The second kappa shape index (κ2) is 5.70. The first kappa shape index (κ1) is 14.6. The minimum Gasteiger partial charge on any atom is -0.488 e. The highest BCUT2D eigenvalue weighted by Crippen LogP contribution is 2.36. The molecule has 7 heteroatoms. The van der Waals surface area contributed by atoms with Gasteiger partial charge in [0.2, 0.25) is 5.91 Å². The summed E-state index contributed by atoms with van der Waals surface area (Å²) >= 11 is 0. The van der Waals surface area contributed by atoms with Gasteiger partial charge in [0.05, 0.1) is 12.1 Å². The van der Waals surface area contributed by atoms with E-state index in [4.69, 9.17) is 9.84 Å². The van der Waals surface area contributed by atoms with Gasteiger partial charge in [0.1, 0.15) is 18.5 Å². The molecule has 110 valence electrons. The van der Waals surface area contributed by atoms with Crippen molar-refractivity contribution in [3.63, 3.8) is 0 Å². The van der Waals surface area contributed by atoms with Crippen molar-refractivity contribution < 1.29 is 27.8 Å². The Morgan fingerprint density at radius 1 is 1.40 bits per heavy atom. The maximum absolute atomic E-state index is 12.8. The summed E-state index contributed by atoms with van der Waals surface area (Å²) in [6.07, 6.45) is -4.53. The van der Waals surface area contributed by atoms with E-state index in [-0.39, 0.29) is 12.3 Å². The highest BCUT2D eigenvalue weighted by molar-refractivity contribution is 5.77. The Hall–Kier alpha value is -1.76. The zero-order chi connectivity index (χ0) is 14.8. The molecule has 1 saturated heterocycles. The molecule has 1 aromatic rings. The molecule has 0 unspecified atom stereocenters. The van der Waals surface area contributed by atoms with Crippen molar-refractivity contribution in [2.75, 3.05) is 19.7 Å². The van der Waals surface area contributed by atoms with Gasteiger partial charge in [-0.25, -0.2) is 0 Å². The standard InChI is InChI=1S/C13H14F3NO3/c14-13(15,16)10-3-1-2-4-11(10)20-9-5-6-17(7-9)12(19)8-18/h1-4,9,18H,5-8H2/t9-/m1/s1. The number of aliphatic hydroxyl groups is 1. The molecule has 20 heavy (non-hydrogen) atoms. The fraction of sp³-hybridized carbons (Fsp3) is 0.462. The summed E-state index contributed by atoms with van der Waals surface area (Å²) in [6.45, 7) is -0.0459. The van der Waals surface area contributed by atoms with Gasteiger partial charge in [0, 0.05) is 13.0 Å². The Balaban J connectivity index is 2.07. The third kappa shape index (κ3) is 3.22. The number of para-hydroxylation sites is 1. The fourth-order valence-corrected chi connectivity index (χ4v) is 2.13. The molecule has 0 aromatic heterocycles. The highest BCUT2D eigenvalue weighted by atomic mass is 19.4. The first-order valence-corrected chi connectivity index (χ1v) is 6.13. The first-order valence-electron chi connectivity index (χ1n) is 6.13. The lowest BCUT2D eigenvalue weighted by Gasteiger charge is -2.19. The van der Waals surface area contributed by atoms with E-state index >= 15 is 0 Å². The second-order valence-corrected chi connectivity index (χ2v) is 4.52. The lowest BCUT2D eigenvalue weighted by Crippen LogP contribution is -2.33. The van der Waals surface area contributed by atoms with Crippen LogP contribution in [-0.2, 0) is 11.0 Å². The molecule has 0 spiro atoms. The van der Waals surface area contributed by atoms with Gasteiger partial charge in [0.25, 0.3) is 0 Å². The second-order valence-electron chi connectivity index (χ2n) is 4.52. The zero-order valence-corrected chi connectivity index (χ0v) is 10.6. The maximum atomic E-state index is 12.8. The minimum absolute atomic E-state index is 0.186. The van der Waals surface area contributed by atoms with Crippen LogP contribution in [0.1, 0.15) is 12.0 Å². The summed E-state index contributed by atoms with van der Waals surface area (Å²) in [7, 11) is 0. The zero-order valence-electron chi connectivity index (χ0n) is 10.6. The van der Waals surface area contributed by atoms with E-state index in [1.807, 2.05) is 0 Å². The van der Waals surface area contributed by atoms with Crippen LogP contribution >= 0.6 is 0 Å². The van der Waals surface area contributed by atoms with E-state index in [1.54, 1.807) is 0 Å². The number of ether oxygens (including phenoxy) is 1. The predicted octanol–water partition coefficient (Wildman–Crippen LogP) is 1.68. The molecule has 1 N–H and O–H groups in total. The SMILES string of the molecule is O=C(CO)N1CC[C@@H](Oc2ccccc2C(F)(F)F)C1. The summed E-state index contributed by atoms with van der Waals surface area (Å²) in [5.74, 6) is -0.677. The van der Waals surface area contributed by atoms with Crippen molar-refractivity contribution in [3.8, 4) is 5.75 Å². The van der Waals surface area contributed by atoms with Crippen LogP contribution in [0.15, 0.2) is 24.3 Å². The molecule has 1 amide bonds. The molecule has 0 aliphatic carbocycles. The van der Waals surface area contributed by atoms with Crippen LogP contribution < -0.4 is 4.74 Å². The van der Waals surface area contributed by atoms with Gasteiger partial charge in [-0.15, -0.1) is 0 Å². The molecule has 0 bridgehead atoms. The number of likely N-dealkylation sites (tertiary alicyclic amines) is 1. The van der Waals surface area contributed by atoms with Crippen LogP contribution in [0.25, 0.3) is 0 Å². The van der Waals surface area contributed by atoms with Crippen LogP contribution in [-0.4, -0.2) is 41.7 Å². The Kier molecular flexibility index (Phi) is 4.17. The van der Waals surface area contributed by atoms with E-state index in [0.29, 0.717) is 13.0 Å². The Bertz CT molecular complexity index is 490. The maximum Gasteiger partial charge on any atom is 0.419 e. The third-order valence-corrected chi connectivity index (χ3v) is 3.12. The molecular formula is C13H14F3NO3. The summed E-state index contributed by atoms with van der Waals surface area (Å²) < 4.78 is 43.8. The van der Waals surface area contributed by atoms with Crippen molar-refractivity contribution in [2.24, 2.45) is 0 Å². The largest absolute Gasteiger partial charge is 0.488 e. The Morgan fingerprint density at radius 3 is 2.75 bits per heavy atom. The molecule has 1 aliphatic heterocycles. The summed E-state index contributed by atoms with van der Waals surface area (Å²) in [5, 5.41) is 8.74. The van der Waals surface area contributed by atoms with E-state index < -0.39 is 30.4 Å².